The van der Waals surface area contributed by atoms with Crippen LogP contribution in [0.4, 0.5) is 4.39 Å². The molecule has 82 valence electrons. The number of rotatable bonds is 2. The molecule has 0 amide bonds. The first-order chi connectivity index (χ1) is 7.16. The molecule has 1 aliphatic rings. The standard InChI is InChI=1S/C11H12BrFO2/c12-7-4-5-8(13)11(6-7)15-10-3-1-2-9(10)14/h4-6,9-10,14H,1-3H2/t9-,10-/m1/s1. The van der Waals surface area contributed by atoms with Gasteiger partial charge in [0.05, 0.1) is 6.10 Å². The van der Waals surface area contributed by atoms with Crippen LogP contribution in [-0.2, 0) is 0 Å². The van der Waals surface area contributed by atoms with Gasteiger partial charge in [-0.1, -0.05) is 15.9 Å². The molecule has 0 radical (unpaired) electrons. The molecule has 1 fully saturated rings. The van der Waals surface area contributed by atoms with Crippen molar-refractivity contribution >= 4 is 15.9 Å². The van der Waals surface area contributed by atoms with Gasteiger partial charge < -0.3 is 9.84 Å². The lowest BCUT2D eigenvalue weighted by atomic mass is 10.2. The molecular weight excluding hydrogens is 263 g/mol. The van der Waals surface area contributed by atoms with E-state index < -0.39 is 11.9 Å². The summed E-state index contributed by atoms with van der Waals surface area (Å²) in [5, 5.41) is 9.55. The van der Waals surface area contributed by atoms with Crippen molar-refractivity contribution in [2.75, 3.05) is 0 Å². The molecule has 1 aliphatic carbocycles. The zero-order chi connectivity index (χ0) is 10.8. The molecule has 0 aromatic heterocycles. The predicted molar refractivity (Wildman–Crippen MR) is 58.4 cm³/mol. The number of aliphatic hydroxyl groups excluding tert-OH is 1. The van der Waals surface area contributed by atoms with Crippen LogP contribution in [0.25, 0.3) is 0 Å². The van der Waals surface area contributed by atoms with Crippen molar-refractivity contribution in [1.82, 2.24) is 0 Å². The van der Waals surface area contributed by atoms with Crippen LogP contribution in [0.3, 0.4) is 0 Å². The molecule has 15 heavy (non-hydrogen) atoms. The largest absolute Gasteiger partial charge is 0.485 e. The lowest BCUT2D eigenvalue weighted by Crippen LogP contribution is -2.25. The van der Waals surface area contributed by atoms with Crippen molar-refractivity contribution in [3.8, 4) is 5.75 Å². The maximum Gasteiger partial charge on any atom is 0.165 e. The van der Waals surface area contributed by atoms with Crippen LogP contribution in [-0.4, -0.2) is 17.3 Å². The second-order valence-corrected chi connectivity index (χ2v) is 4.64. The van der Waals surface area contributed by atoms with Crippen LogP contribution in [0, 0.1) is 5.82 Å². The van der Waals surface area contributed by atoms with E-state index in [-0.39, 0.29) is 11.9 Å². The van der Waals surface area contributed by atoms with E-state index >= 15 is 0 Å². The zero-order valence-electron chi connectivity index (χ0n) is 8.12. The van der Waals surface area contributed by atoms with E-state index in [9.17, 15) is 9.50 Å². The molecule has 1 aromatic carbocycles. The number of benzene rings is 1. The van der Waals surface area contributed by atoms with Crippen LogP contribution in [0.15, 0.2) is 22.7 Å². The van der Waals surface area contributed by atoms with E-state index in [4.69, 9.17) is 4.74 Å². The van der Waals surface area contributed by atoms with Gasteiger partial charge in [0.15, 0.2) is 11.6 Å². The highest BCUT2D eigenvalue weighted by atomic mass is 79.9. The number of hydrogen-bond acceptors (Lipinski definition) is 2. The Morgan fingerprint density at radius 3 is 2.87 bits per heavy atom. The first kappa shape index (κ1) is 10.9. The molecule has 1 saturated carbocycles. The van der Waals surface area contributed by atoms with Gasteiger partial charge in [-0.05, 0) is 37.5 Å². The van der Waals surface area contributed by atoms with Gasteiger partial charge in [-0.15, -0.1) is 0 Å². The van der Waals surface area contributed by atoms with Gasteiger partial charge in [0.2, 0.25) is 0 Å². The minimum absolute atomic E-state index is 0.204. The molecular formula is C11H12BrFO2. The van der Waals surface area contributed by atoms with Crippen molar-refractivity contribution in [3.05, 3.63) is 28.5 Å². The average Bonchev–Trinajstić information content (AvgIpc) is 2.58. The fraction of sp³-hybridized carbons (Fsp3) is 0.455. The fourth-order valence-corrected chi connectivity index (χ4v) is 2.11. The maximum absolute atomic E-state index is 13.3. The summed E-state index contributed by atoms with van der Waals surface area (Å²) in [5.41, 5.74) is 0. The van der Waals surface area contributed by atoms with E-state index in [1.165, 1.54) is 6.07 Å². The molecule has 0 saturated heterocycles. The van der Waals surface area contributed by atoms with E-state index in [0.29, 0.717) is 0 Å². The molecule has 0 heterocycles. The Kier molecular flexibility index (Phi) is 3.26. The Balaban J connectivity index is 2.12. The summed E-state index contributed by atoms with van der Waals surface area (Å²) < 4.78 is 19.5. The molecule has 0 aliphatic heterocycles. The third-order valence-electron chi connectivity index (χ3n) is 2.59. The molecule has 2 atom stereocenters. The van der Waals surface area contributed by atoms with E-state index in [2.05, 4.69) is 15.9 Å². The summed E-state index contributed by atoms with van der Waals surface area (Å²) in [5.74, 6) is -0.187. The smallest absolute Gasteiger partial charge is 0.165 e. The van der Waals surface area contributed by atoms with Crippen molar-refractivity contribution < 1.29 is 14.2 Å². The molecule has 4 heteroatoms. The summed E-state index contributed by atoms with van der Waals surface area (Å²) in [4.78, 5) is 0. The molecule has 2 rings (SSSR count). The molecule has 2 nitrogen and oxygen atoms in total. The zero-order valence-corrected chi connectivity index (χ0v) is 9.71. The highest BCUT2D eigenvalue weighted by molar-refractivity contribution is 9.10. The van der Waals surface area contributed by atoms with Gasteiger partial charge in [-0.3, -0.25) is 0 Å². The SMILES string of the molecule is O[C@@H]1CCC[C@H]1Oc1cc(Br)ccc1F. The molecule has 0 bridgehead atoms. The Morgan fingerprint density at radius 2 is 2.20 bits per heavy atom. The molecule has 1 N–H and O–H groups in total. The van der Waals surface area contributed by atoms with Gasteiger partial charge in [0, 0.05) is 4.47 Å². The number of hydrogen-bond donors (Lipinski definition) is 1. The van der Waals surface area contributed by atoms with E-state index in [1.54, 1.807) is 12.1 Å². The molecule has 1 aromatic rings. The maximum atomic E-state index is 13.3. The fourth-order valence-electron chi connectivity index (χ4n) is 1.77. The quantitative estimate of drug-likeness (QED) is 0.899. The normalized spacial score (nSPS) is 25.5. The summed E-state index contributed by atoms with van der Waals surface area (Å²) in [6, 6.07) is 4.55. The molecule has 0 spiro atoms. The van der Waals surface area contributed by atoms with Crippen molar-refractivity contribution in [2.45, 2.75) is 31.5 Å². The van der Waals surface area contributed by atoms with Crippen molar-refractivity contribution in [3.63, 3.8) is 0 Å². The van der Waals surface area contributed by atoms with Gasteiger partial charge in [0.1, 0.15) is 6.10 Å². The average molecular weight is 275 g/mol. The summed E-state index contributed by atoms with van der Waals surface area (Å²) in [6.07, 6.45) is 1.71. The Labute approximate surface area is 96.2 Å². The lowest BCUT2D eigenvalue weighted by molar-refractivity contribution is 0.0578. The number of aliphatic hydroxyl groups is 1. The minimum atomic E-state index is -0.469. The van der Waals surface area contributed by atoms with Crippen LogP contribution >= 0.6 is 15.9 Å². The Hall–Kier alpha value is -0.610. The van der Waals surface area contributed by atoms with Gasteiger partial charge in [-0.25, -0.2) is 4.39 Å². The van der Waals surface area contributed by atoms with Crippen LogP contribution in [0.2, 0.25) is 0 Å². The van der Waals surface area contributed by atoms with Gasteiger partial charge >= 0.3 is 0 Å². The van der Waals surface area contributed by atoms with E-state index in [0.717, 1.165) is 23.7 Å². The highest BCUT2D eigenvalue weighted by Crippen LogP contribution is 2.28. The van der Waals surface area contributed by atoms with E-state index in [1.807, 2.05) is 0 Å². The first-order valence-electron chi connectivity index (χ1n) is 4.96. The number of ether oxygens (including phenoxy) is 1. The third-order valence-corrected chi connectivity index (χ3v) is 3.08. The first-order valence-corrected chi connectivity index (χ1v) is 5.76. The molecule has 0 unspecified atom stereocenters. The second kappa shape index (κ2) is 4.49. The summed E-state index contributed by atoms with van der Waals surface area (Å²) >= 11 is 3.25. The second-order valence-electron chi connectivity index (χ2n) is 3.73. The third kappa shape index (κ3) is 2.49. The summed E-state index contributed by atoms with van der Waals surface area (Å²) in [6.45, 7) is 0. The monoisotopic (exact) mass is 274 g/mol. The van der Waals surface area contributed by atoms with Crippen LogP contribution in [0.5, 0.6) is 5.75 Å². The Bertz CT molecular complexity index is 356. The minimum Gasteiger partial charge on any atom is -0.485 e. The lowest BCUT2D eigenvalue weighted by Gasteiger charge is -2.17. The highest BCUT2D eigenvalue weighted by Gasteiger charge is 2.27. The van der Waals surface area contributed by atoms with Crippen molar-refractivity contribution in [1.29, 1.82) is 0 Å². The Morgan fingerprint density at radius 1 is 1.40 bits per heavy atom. The number of halogens is 2. The van der Waals surface area contributed by atoms with Crippen LogP contribution < -0.4 is 4.74 Å². The van der Waals surface area contributed by atoms with Gasteiger partial charge in [-0.2, -0.15) is 0 Å². The van der Waals surface area contributed by atoms with Gasteiger partial charge in [0.25, 0.3) is 0 Å². The van der Waals surface area contributed by atoms with Crippen LogP contribution in [0.1, 0.15) is 19.3 Å². The van der Waals surface area contributed by atoms with Crippen molar-refractivity contribution in [2.24, 2.45) is 0 Å². The summed E-state index contributed by atoms with van der Waals surface area (Å²) in [7, 11) is 0. The predicted octanol–water partition coefficient (Wildman–Crippen LogP) is 2.88. The topological polar surface area (TPSA) is 29.5 Å².